The molecule has 106 valence electrons. The average molecular weight is 275 g/mol. The first kappa shape index (κ1) is 15.1. The number of nitrogens with two attached hydrogens (primary N) is 1. The minimum Gasteiger partial charge on any atom is -0.398 e. The predicted octanol–water partition coefficient (Wildman–Crippen LogP) is 2.23. The average Bonchev–Trinajstić information content (AvgIpc) is 2.30. The highest BCUT2D eigenvalue weighted by Gasteiger charge is 2.33. The van der Waals surface area contributed by atoms with Crippen LogP contribution >= 0.6 is 0 Å². The number of nitrogens with one attached hydrogen (secondary N) is 2. The monoisotopic (exact) mass is 275 g/mol. The number of carbonyl (C=O) groups excluding carboxylic acids is 1. The topological polar surface area (TPSA) is 67.2 Å². The lowest BCUT2D eigenvalue weighted by Crippen LogP contribution is -2.24. The van der Waals surface area contributed by atoms with Crippen molar-refractivity contribution in [1.82, 2.24) is 5.32 Å². The second kappa shape index (κ2) is 6.31. The van der Waals surface area contributed by atoms with E-state index in [2.05, 4.69) is 10.6 Å². The first-order valence-electron chi connectivity index (χ1n) is 5.82. The fourth-order valence-corrected chi connectivity index (χ4v) is 1.52. The van der Waals surface area contributed by atoms with Gasteiger partial charge < -0.3 is 16.4 Å². The molecular weight excluding hydrogens is 259 g/mol. The summed E-state index contributed by atoms with van der Waals surface area (Å²) in [5.41, 5.74) is 4.37. The van der Waals surface area contributed by atoms with Crippen molar-refractivity contribution in [1.29, 1.82) is 0 Å². The second-order valence-electron chi connectivity index (χ2n) is 3.93. The Balaban J connectivity index is 2.63. The first-order chi connectivity index (χ1) is 8.84. The van der Waals surface area contributed by atoms with Gasteiger partial charge in [0.1, 0.15) is 0 Å². The number of halogens is 3. The van der Waals surface area contributed by atoms with Crippen LogP contribution < -0.4 is 16.4 Å². The van der Waals surface area contributed by atoms with Crippen LogP contribution in [-0.2, 0) is 11.0 Å². The molecule has 7 heteroatoms. The molecule has 0 fully saturated rings. The number of carbonyl (C=O) groups is 1. The molecule has 4 nitrogen and oxygen atoms in total. The molecule has 0 bridgehead atoms. The molecule has 0 heterocycles. The van der Waals surface area contributed by atoms with E-state index in [4.69, 9.17) is 5.73 Å². The van der Waals surface area contributed by atoms with Crippen molar-refractivity contribution in [2.24, 2.45) is 0 Å². The van der Waals surface area contributed by atoms with Crippen molar-refractivity contribution in [3.05, 3.63) is 23.8 Å². The van der Waals surface area contributed by atoms with Gasteiger partial charge in [-0.25, -0.2) is 0 Å². The summed E-state index contributed by atoms with van der Waals surface area (Å²) in [7, 11) is 0. The van der Waals surface area contributed by atoms with Crippen LogP contribution in [0.1, 0.15) is 18.9 Å². The van der Waals surface area contributed by atoms with Gasteiger partial charge in [-0.3, -0.25) is 4.79 Å². The van der Waals surface area contributed by atoms with Crippen molar-refractivity contribution in [2.45, 2.75) is 19.5 Å². The highest BCUT2D eigenvalue weighted by Crippen LogP contribution is 2.35. The smallest absolute Gasteiger partial charge is 0.398 e. The third-order valence-corrected chi connectivity index (χ3v) is 2.41. The highest BCUT2D eigenvalue weighted by atomic mass is 19.4. The minimum atomic E-state index is -4.48. The number of benzene rings is 1. The van der Waals surface area contributed by atoms with Crippen LogP contribution in [0.25, 0.3) is 0 Å². The lowest BCUT2D eigenvalue weighted by atomic mass is 10.1. The van der Waals surface area contributed by atoms with Gasteiger partial charge in [0, 0.05) is 30.9 Å². The van der Waals surface area contributed by atoms with Crippen LogP contribution in [0.2, 0.25) is 0 Å². The molecule has 0 atom stereocenters. The van der Waals surface area contributed by atoms with E-state index in [0.29, 0.717) is 6.54 Å². The third kappa shape index (κ3) is 4.69. The SMILES string of the molecule is CCNC(=O)CCNc1ccc(N)c(C(F)(F)F)c1. The Kier molecular flexibility index (Phi) is 5.02. The van der Waals surface area contributed by atoms with E-state index >= 15 is 0 Å². The Morgan fingerprint density at radius 1 is 1.37 bits per heavy atom. The summed E-state index contributed by atoms with van der Waals surface area (Å²) in [6.45, 7) is 2.58. The van der Waals surface area contributed by atoms with E-state index in [0.717, 1.165) is 6.07 Å². The van der Waals surface area contributed by atoms with Crippen LogP contribution in [0, 0.1) is 0 Å². The zero-order valence-electron chi connectivity index (χ0n) is 10.5. The van der Waals surface area contributed by atoms with Gasteiger partial charge in [0.2, 0.25) is 5.91 Å². The lowest BCUT2D eigenvalue weighted by molar-refractivity contribution is -0.136. The summed E-state index contributed by atoms with van der Waals surface area (Å²) in [6, 6.07) is 3.58. The number of rotatable bonds is 5. The summed E-state index contributed by atoms with van der Waals surface area (Å²) >= 11 is 0. The van der Waals surface area contributed by atoms with Crippen LogP contribution in [0.15, 0.2) is 18.2 Å². The van der Waals surface area contributed by atoms with E-state index in [1.807, 2.05) is 0 Å². The minimum absolute atomic E-state index is 0.151. The fraction of sp³-hybridized carbons (Fsp3) is 0.417. The third-order valence-electron chi connectivity index (χ3n) is 2.41. The van der Waals surface area contributed by atoms with Crippen LogP contribution in [0.3, 0.4) is 0 Å². The van der Waals surface area contributed by atoms with E-state index in [1.54, 1.807) is 6.92 Å². The van der Waals surface area contributed by atoms with Crippen molar-refractivity contribution in [3.63, 3.8) is 0 Å². The summed E-state index contributed by atoms with van der Waals surface area (Å²) < 4.78 is 37.8. The molecule has 0 aromatic heterocycles. The summed E-state index contributed by atoms with van der Waals surface area (Å²) in [4.78, 5) is 11.2. The molecule has 0 aliphatic carbocycles. The molecule has 1 aromatic carbocycles. The fourth-order valence-electron chi connectivity index (χ4n) is 1.52. The Bertz CT molecular complexity index is 446. The zero-order chi connectivity index (χ0) is 14.5. The first-order valence-corrected chi connectivity index (χ1v) is 5.82. The number of nitrogen functional groups attached to an aromatic ring is 1. The van der Waals surface area contributed by atoms with Crippen molar-refractivity contribution in [2.75, 3.05) is 24.1 Å². The molecule has 4 N–H and O–H groups in total. The number of hydrogen-bond acceptors (Lipinski definition) is 3. The Hall–Kier alpha value is -1.92. The molecule has 0 unspecified atom stereocenters. The van der Waals surface area contributed by atoms with Crippen molar-refractivity contribution in [3.8, 4) is 0 Å². The van der Waals surface area contributed by atoms with Gasteiger partial charge in [-0.1, -0.05) is 0 Å². The lowest BCUT2D eigenvalue weighted by Gasteiger charge is -2.13. The van der Waals surface area contributed by atoms with E-state index in [1.165, 1.54) is 12.1 Å². The Morgan fingerprint density at radius 2 is 2.05 bits per heavy atom. The molecule has 0 aliphatic heterocycles. The molecule has 0 aliphatic rings. The maximum absolute atomic E-state index is 12.6. The largest absolute Gasteiger partial charge is 0.418 e. The Labute approximate surface area is 109 Å². The Morgan fingerprint density at radius 3 is 2.63 bits per heavy atom. The highest BCUT2D eigenvalue weighted by molar-refractivity contribution is 5.76. The number of hydrogen-bond donors (Lipinski definition) is 3. The molecule has 0 spiro atoms. The molecule has 19 heavy (non-hydrogen) atoms. The van der Waals surface area contributed by atoms with Crippen molar-refractivity contribution >= 4 is 17.3 Å². The number of amides is 1. The van der Waals surface area contributed by atoms with Gasteiger partial charge in [0.15, 0.2) is 0 Å². The number of anilines is 2. The van der Waals surface area contributed by atoms with Crippen LogP contribution in [-0.4, -0.2) is 19.0 Å². The van der Waals surface area contributed by atoms with Gasteiger partial charge >= 0.3 is 6.18 Å². The van der Waals surface area contributed by atoms with Crippen LogP contribution in [0.5, 0.6) is 0 Å². The summed E-state index contributed by atoms with van der Waals surface area (Å²) in [5.74, 6) is -0.151. The van der Waals surface area contributed by atoms with Gasteiger partial charge in [-0.2, -0.15) is 13.2 Å². The van der Waals surface area contributed by atoms with Gasteiger partial charge in [-0.15, -0.1) is 0 Å². The molecule has 1 rings (SSSR count). The number of alkyl halides is 3. The maximum Gasteiger partial charge on any atom is 0.418 e. The van der Waals surface area contributed by atoms with E-state index < -0.39 is 11.7 Å². The summed E-state index contributed by atoms with van der Waals surface area (Å²) in [5, 5.41) is 5.35. The maximum atomic E-state index is 12.6. The molecule has 1 amide bonds. The second-order valence-corrected chi connectivity index (χ2v) is 3.93. The van der Waals surface area contributed by atoms with E-state index in [9.17, 15) is 18.0 Å². The van der Waals surface area contributed by atoms with Gasteiger partial charge in [0.05, 0.1) is 5.56 Å². The summed E-state index contributed by atoms with van der Waals surface area (Å²) in [6.07, 6.45) is -4.29. The molecule has 0 saturated heterocycles. The van der Waals surface area contributed by atoms with Crippen LogP contribution in [0.4, 0.5) is 24.5 Å². The zero-order valence-corrected chi connectivity index (χ0v) is 10.5. The normalized spacial score (nSPS) is 11.2. The predicted molar refractivity (Wildman–Crippen MR) is 67.6 cm³/mol. The molecule has 0 radical (unpaired) electrons. The van der Waals surface area contributed by atoms with Crippen molar-refractivity contribution < 1.29 is 18.0 Å². The van der Waals surface area contributed by atoms with Gasteiger partial charge in [0.25, 0.3) is 0 Å². The molecule has 1 aromatic rings. The van der Waals surface area contributed by atoms with Gasteiger partial charge in [-0.05, 0) is 25.1 Å². The molecule has 0 saturated carbocycles. The van der Waals surface area contributed by atoms with E-state index in [-0.39, 0.29) is 30.2 Å². The quantitative estimate of drug-likeness (QED) is 0.722. The molecular formula is C12H16F3N3O. The standard InChI is InChI=1S/C12H16F3N3O/c1-2-17-11(19)5-6-18-8-3-4-10(16)9(7-8)12(13,14)15/h3-4,7,18H,2,5-6,16H2,1H3,(H,17,19).